The average Bonchev–Trinajstić information content (AvgIpc) is 2.78. The highest BCUT2D eigenvalue weighted by Gasteiger charge is 2.23. The monoisotopic (exact) mass is 481 g/mol. The van der Waals surface area contributed by atoms with Gasteiger partial charge in [0, 0.05) is 20.3 Å². The minimum absolute atomic E-state index is 0.0390. The number of phosphoric ester groups is 1. The molecule has 0 saturated carbocycles. The van der Waals surface area contributed by atoms with E-state index < -0.39 is 7.82 Å². The first kappa shape index (κ1) is 32.0. The Labute approximate surface area is 197 Å². The highest BCUT2D eigenvalue weighted by molar-refractivity contribution is 7.47. The number of methoxy groups -OCH3 is 1. The predicted molar refractivity (Wildman–Crippen MR) is 132 cm³/mol. The van der Waals surface area contributed by atoms with Gasteiger partial charge in [0.2, 0.25) is 0 Å². The van der Waals surface area contributed by atoms with Crippen molar-refractivity contribution in [2.24, 2.45) is 0 Å². The van der Waals surface area contributed by atoms with Crippen LogP contribution in [0.2, 0.25) is 0 Å². The quantitative estimate of drug-likeness (QED) is 0.112. The molecule has 2 atom stereocenters. The summed E-state index contributed by atoms with van der Waals surface area (Å²) in [5, 5.41) is 2.83. The third-order valence-electron chi connectivity index (χ3n) is 5.56. The predicted octanol–water partition coefficient (Wildman–Crippen LogP) is 6.24. The van der Waals surface area contributed by atoms with Crippen molar-refractivity contribution in [1.82, 2.24) is 5.32 Å². The molecule has 0 spiro atoms. The number of rotatable bonds is 26. The van der Waals surface area contributed by atoms with Crippen molar-refractivity contribution in [2.75, 3.05) is 47.1 Å². The maximum absolute atomic E-state index is 11.7. The number of ether oxygens (including phenoxy) is 2. The minimum atomic E-state index is -4.04. The van der Waals surface area contributed by atoms with E-state index in [1.807, 2.05) is 0 Å². The van der Waals surface area contributed by atoms with E-state index in [-0.39, 0.29) is 19.3 Å². The molecule has 7 nitrogen and oxygen atoms in total. The van der Waals surface area contributed by atoms with Gasteiger partial charge in [0.1, 0.15) is 6.10 Å². The van der Waals surface area contributed by atoms with E-state index in [9.17, 15) is 9.46 Å². The first-order valence-corrected chi connectivity index (χ1v) is 14.4. The zero-order valence-electron chi connectivity index (χ0n) is 21.2. The summed E-state index contributed by atoms with van der Waals surface area (Å²) < 4.78 is 32.4. The Bertz CT molecular complexity index is 427. The molecule has 8 heteroatoms. The molecule has 194 valence electrons. The van der Waals surface area contributed by atoms with Gasteiger partial charge in [0.05, 0.1) is 19.8 Å². The topological polar surface area (TPSA) is 86.3 Å². The van der Waals surface area contributed by atoms with E-state index in [1.165, 1.54) is 97.0 Å². The molecule has 0 aliphatic carbocycles. The minimum Gasteiger partial charge on any atom is -0.379 e. The first-order chi connectivity index (χ1) is 15.6. The molecule has 0 aliphatic rings. The third kappa shape index (κ3) is 23.2. The van der Waals surface area contributed by atoms with Gasteiger partial charge in [-0.2, -0.15) is 0 Å². The van der Waals surface area contributed by atoms with E-state index in [4.69, 9.17) is 18.5 Å². The number of likely N-dealkylation sites (N-methyl/N-ethyl adjacent to an activating group) is 1. The van der Waals surface area contributed by atoms with Crippen molar-refractivity contribution >= 4 is 7.82 Å². The Kier molecular flexibility index (Phi) is 24.1. The molecule has 0 fully saturated rings. The highest BCUT2D eigenvalue weighted by atomic mass is 31.2. The van der Waals surface area contributed by atoms with Gasteiger partial charge in [-0.15, -0.1) is 0 Å². The van der Waals surface area contributed by atoms with Crippen molar-refractivity contribution in [1.29, 1.82) is 0 Å². The number of hydrogen-bond acceptors (Lipinski definition) is 6. The Morgan fingerprint density at radius 2 is 1.25 bits per heavy atom. The normalized spacial score (nSPS) is 14.5. The molecule has 2 N–H and O–H groups in total. The number of nitrogens with one attached hydrogen (secondary N) is 1. The molecule has 32 heavy (non-hydrogen) atoms. The van der Waals surface area contributed by atoms with Crippen LogP contribution in [0.25, 0.3) is 0 Å². The van der Waals surface area contributed by atoms with Gasteiger partial charge in [-0.3, -0.25) is 9.05 Å². The molecule has 0 saturated heterocycles. The second-order valence-corrected chi connectivity index (χ2v) is 10.0. The lowest BCUT2D eigenvalue weighted by Crippen LogP contribution is -2.24. The van der Waals surface area contributed by atoms with Gasteiger partial charge in [-0.05, 0) is 13.5 Å². The molecular weight excluding hydrogens is 429 g/mol. The summed E-state index contributed by atoms with van der Waals surface area (Å²) in [6, 6.07) is 0. The second-order valence-electron chi connectivity index (χ2n) is 8.58. The van der Waals surface area contributed by atoms with Crippen molar-refractivity contribution in [3.63, 3.8) is 0 Å². The average molecular weight is 482 g/mol. The molecule has 0 rings (SSSR count). The summed E-state index contributed by atoms with van der Waals surface area (Å²) in [6.45, 7) is 3.83. The number of phosphoric acid groups is 1. The summed E-state index contributed by atoms with van der Waals surface area (Å²) in [7, 11) is -0.766. The lowest BCUT2D eigenvalue weighted by molar-refractivity contribution is -0.0220. The van der Waals surface area contributed by atoms with Crippen LogP contribution in [0.3, 0.4) is 0 Å². The van der Waals surface area contributed by atoms with Crippen LogP contribution < -0.4 is 5.32 Å². The highest BCUT2D eigenvalue weighted by Crippen LogP contribution is 2.43. The van der Waals surface area contributed by atoms with Gasteiger partial charge < -0.3 is 19.7 Å². The zero-order chi connectivity index (χ0) is 23.8. The van der Waals surface area contributed by atoms with Crippen LogP contribution in [-0.4, -0.2) is 58.1 Å². The second kappa shape index (κ2) is 24.1. The Morgan fingerprint density at radius 1 is 0.750 bits per heavy atom. The fourth-order valence-electron chi connectivity index (χ4n) is 3.45. The van der Waals surface area contributed by atoms with Crippen molar-refractivity contribution in [2.45, 2.75) is 109 Å². The molecule has 0 amide bonds. The van der Waals surface area contributed by atoms with Crippen LogP contribution in [0.4, 0.5) is 0 Å². The van der Waals surface area contributed by atoms with Crippen LogP contribution in [-0.2, 0) is 23.1 Å². The fraction of sp³-hybridized carbons (Fsp3) is 1.00. The van der Waals surface area contributed by atoms with E-state index in [2.05, 4.69) is 12.2 Å². The van der Waals surface area contributed by atoms with Crippen LogP contribution in [0.1, 0.15) is 103 Å². The van der Waals surface area contributed by atoms with Gasteiger partial charge in [-0.25, -0.2) is 4.57 Å². The van der Waals surface area contributed by atoms with Crippen LogP contribution in [0.15, 0.2) is 0 Å². The Morgan fingerprint density at radius 3 is 1.72 bits per heavy atom. The molecule has 0 aromatic heterocycles. The molecule has 0 radical (unpaired) electrons. The molecule has 0 aromatic carbocycles. The summed E-state index contributed by atoms with van der Waals surface area (Å²) in [5.41, 5.74) is 0. The van der Waals surface area contributed by atoms with E-state index in [0.29, 0.717) is 19.8 Å². The third-order valence-corrected chi connectivity index (χ3v) is 6.54. The maximum Gasteiger partial charge on any atom is 0.472 e. The van der Waals surface area contributed by atoms with E-state index in [0.717, 1.165) is 6.42 Å². The van der Waals surface area contributed by atoms with Crippen LogP contribution in [0.5, 0.6) is 0 Å². The molecule has 2 unspecified atom stereocenters. The lowest BCUT2D eigenvalue weighted by atomic mass is 10.0. The van der Waals surface area contributed by atoms with Gasteiger partial charge in [-0.1, -0.05) is 96.8 Å². The fourth-order valence-corrected chi connectivity index (χ4v) is 4.20. The summed E-state index contributed by atoms with van der Waals surface area (Å²) in [5.74, 6) is 0. The summed E-state index contributed by atoms with van der Waals surface area (Å²) >= 11 is 0. The van der Waals surface area contributed by atoms with E-state index >= 15 is 0 Å². The van der Waals surface area contributed by atoms with Gasteiger partial charge in [0.15, 0.2) is 0 Å². The van der Waals surface area contributed by atoms with Crippen LogP contribution in [0, 0.1) is 0 Å². The smallest absolute Gasteiger partial charge is 0.379 e. The number of unbranched alkanes of at least 4 members (excludes halogenated alkanes) is 14. The molecular formula is C24H52NO6P. The molecule has 0 aromatic rings. The summed E-state index contributed by atoms with van der Waals surface area (Å²) in [4.78, 5) is 9.59. The van der Waals surface area contributed by atoms with Gasteiger partial charge >= 0.3 is 7.82 Å². The van der Waals surface area contributed by atoms with Gasteiger partial charge in [0.25, 0.3) is 0 Å². The standard InChI is InChI=1S/C24H52NO6P/c1-4-5-6-7-8-9-10-11-12-13-14-15-16-17-18-20-29-22-24(28-3)23-31-32(26,27)30-21-19-25-2/h24-25H,4-23H2,1-3H3,(H,26,27). The molecule has 0 heterocycles. The maximum atomic E-state index is 11.7. The molecule has 0 bridgehead atoms. The SMILES string of the molecule is CCCCCCCCCCCCCCCCCOCC(COP(=O)(O)OCCNC)OC. The summed E-state index contributed by atoms with van der Waals surface area (Å²) in [6.07, 6.45) is 19.7. The Balaban J connectivity index is 3.41. The largest absolute Gasteiger partial charge is 0.472 e. The first-order valence-electron chi connectivity index (χ1n) is 12.9. The van der Waals surface area contributed by atoms with Crippen molar-refractivity contribution in [3.05, 3.63) is 0 Å². The van der Waals surface area contributed by atoms with Crippen molar-refractivity contribution in [3.8, 4) is 0 Å². The van der Waals surface area contributed by atoms with Crippen molar-refractivity contribution < 1.29 is 28.0 Å². The van der Waals surface area contributed by atoms with Crippen LogP contribution >= 0.6 is 7.82 Å². The van der Waals surface area contributed by atoms with E-state index in [1.54, 1.807) is 7.05 Å². The zero-order valence-corrected chi connectivity index (χ0v) is 22.0. The Hall–Kier alpha value is -0.0100. The number of hydrogen-bond donors (Lipinski definition) is 2. The molecule has 0 aliphatic heterocycles. The lowest BCUT2D eigenvalue weighted by Gasteiger charge is -2.18.